The fourth-order valence-electron chi connectivity index (χ4n) is 4.42. The molecule has 190 valence electrons. The van der Waals surface area contributed by atoms with E-state index < -0.39 is 17.7 Å². The molecule has 1 amide bonds. The van der Waals surface area contributed by atoms with Gasteiger partial charge in [0.25, 0.3) is 11.7 Å². The Labute approximate surface area is 222 Å². The molecule has 1 saturated heterocycles. The van der Waals surface area contributed by atoms with Crippen molar-refractivity contribution in [1.29, 1.82) is 0 Å². The van der Waals surface area contributed by atoms with Crippen molar-refractivity contribution < 1.29 is 33.6 Å². The molecule has 0 aromatic heterocycles. The number of carbonyl (C=O) groups excluding carboxylic acids is 2. The number of ketones is 1. The summed E-state index contributed by atoms with van der Waals surface area (Å²) < 4.78 is 22.5. The third-order valence-corrected chi connectivity index (χ3v) is 6.69. The van der Waals surface area contributed by atoms with Gasteiger partial charge in [-0.2, -0.15) is 0 Å². The van der Waals surface area contributed by atoms with Gasteiger partial charge < -0.3 is 24.1 Å². The molecule has 2 aliphatic rings. The second-order valence-electron chi connectivity index (χ2n) is 8.79. The lowest BCUT2D eigenvalue weighted by Gasteiger charge is -2.26. The number of rotatable bonds is 6. The van der Waals surface area contributed by atoms with Crippen LogP contribution < -0.4 is 23.8 Å². The maximum atomic E-state index is 13.4. The lowest BCUT2D eigenvalue weighted by Crippen LogP contribution is -2.29. The van der Waals surface area contributed by atoms with Crippen molar-refractivity contribution in [1.82, 2.24) is 0 Å². The van der Waals surface area contributed by atoms with Gasteiger partial charge in [0.15, 0.2) is 11.5 Å². The van der Waals surface area contributed by atoms with Crippen molar-refractivity contribution in [2.45, 2.75) is 26.0 Å². The molecule has 1 unspecified atom stereocenters. The van der Waals surface area contributed by atoms with Gasteiger partial charge in [-0.1, -0.05) is 12.1 Å². The first-order valence-electron chi connectivity index (χ1n) is 11.6. The Morgan fingerprint density at radius 3 is 2.43 bits per heavy atom. The molecule has 0 spiro atoms. The number of anilines is 1. The van der Waals surface area contributed by atoms with E-state index in [2.05, 4.69) is 15.9 Å². The van der Waals surface area contributed by atoms with Crippen molar-refractivity contribution in [2.24, 2.45) is 0 Å². The minimum Gasteiger partial charge on any atom is -0.507 e. The summed E-state index contributed by atoms with van der Waals surface area (Å²) in [6.45, 7) is 3.93. The van der Waals surface area contributed by atoms with E-state index in [0.29, 0.717) is 44.3 Å². The summed E-state index contributed by atoms with van der Waals surface area (Å²) in [6, 6.07) is 16.2. The van der Waals surface area contributed by atoms with E-state index in [4.69, 9.17) is 18.9 Å². The number of hydrogen-bond acceptors (Lipinski definition) is 7. The number of fused-ring (bicyclic) bond motifs is 1. The summed E-state index contributed by atoms with van der Waals surface area (Å²) in [5, 5.41) is 11.4. The molecule has 1 fully saturated rings. The van der Waals surface area contributed by atoms with Gasteiger partial charge in [-0.25, -0.2) is 0 Å². The lowest BCUT2D eigenvalue weighted by molar-refractivity contribution is -0.132. The lowest BCUT2D eigenvalue weighted by atomic mass is 9.95. The van der Waals surface area contributed by atoms with Gasteiger partial charge in [0.2, 0.25) is 6.79 Å². The van der Waals surface area contributed by atoms with Gasteiger partial charge in [0.1, 0.15) is 17.3 Å². The zero-order valence-corrected chi connectivity index (χ0v) is 21.9. The molecule has 1 atom stereocenters. The molecule has 5 rings (SSSR count). The van der Waals surface area contributed by atoms with Crippen molar-refractivity contribution >= 4 is 39.1 Å². The second kappa shape index (κ2) is 9.82. The van der Waals surface area contributed by atoms with Crippen LogP contribution in [0.3, 0.4) is 0 Å². The average Bonchev–Trinajstić information content (AvgIpc) is 3.45. The molecule has 1 N–H and O–H groups in total. The van der Waals surface area contributed by atoms with Crippen molar-refractivity contribution in [3.63, 3.8) is 0 Å². The van der Waals surface area contributed by atoms with Crippen LogP contribution in [-0.4, -0.2) is 36.8 Å². The summed E-state index contributed by atoms with van der Waals surface area (Å²) >= 11 is 3.42. The van der Waals surface area contributed by atoms with Crippen LogP contribution in [0.25, 0.3) is 5.76 Å². The standard InChI is InChI=1S/C28H24BrNO7/c1-15(2)37-19-8-4-16(5-9-19)25-24(26(31)17-6-10-21(34-3)20(29)12-17)27(32)28(33)30(25)18-7-11-22-23(13-18)36-14-35-22/h4-13,15,25,31H,14H2,1-3H3/b26-24+. The summed E-state index contributed by atoms with van der Waals surface area (Å²) in [7, 11) is 1.53. The van der Waals surface area contributed by atoms with Crippen molar-refractivity contribution in [3.8, 4) is 23.0 Å². The van der Waals surface area contributed by atoms with E-state index in [1.165, 1.54) is 12.0 Å². The number of aliphatic hydroxyl groups excluding tert-OH is 1. The Balaban J connectivity index is 1.66. The first-order valence-corrected chi connectivity index (χ1v) is 12.4. The van der Waals surface area contributed by atoms with E-state index in [-0.39, 0.29) is 24.2 Å². The summed E-state index contributed by atoms with van der Waals surface area (Å²) in [4.78, 5) is 28.2. The monoisotopic (exact) mass is 565 g/mol. The van der Waals surface area contributed by atoms with Crippen LogP contribution >= 0.6 is 15.9 Å². The fraction of sp³-hybridized carbons (Fsp3) is 0.214. The number of carbonyl (C=O) groups is 2. The van der Waals surface area contributed by atoms with Gasteiger partial charge in [-0.3, -0.25) is 14.5 Å². The summed E-state index contributed by atoms with van der Waals surface area (Å²) in [5.74, 6) is 0.383. The molecule has 8 nitrogen and oxygen atoms in total. The van der Waals surface area contributed by atoms with Crippen LogP contribution in [0.1, 0.15) is 31.0 Å². The molecule has 2 aliphatic heterocycles. The molecule has 2 heterocycles. The highest BCUT2D eigenvalue weighted by atomic mass is 79.9. The van der Waals surface area contributed by atoms with E-state index in [1.807, 2.05) is 13.8 Å². The molecule has 0 aliphatic carbocycles. The average molecular weight is 566 g/mol. The smallest absolute Gasteiger partial charge is 0.300 e. The van der Waals surface area contributed by atoms with Gasteiger partial charge in [0.05, 0.1) is 29.3 Å². The Morgan fingerprint density at radius 2 is 1.76 bits per heavy atom. The van der Waals surface area contributed by atoms with Gasteiger partial charge in [-0.05, 0) is 77.8 Å². The minimum atomic E-state index is -0.894. The topological polar surface area (TPSA) is 94.5 Å². The predicted octanol–water partition coefficient (Wildman–Crippen LogP) is 5.60. The number of amides is 1. The molecule has 0 radical (unpaired) electrons. The highest BCUT2D eigenvalue weighted by Crippen LogP contribution is 2.45. The number of aliphatic hydroxyl groups is 1. The molecular formula is C28H24BrNO7. The molecule has 0 bridgehead atoms. The van der Waals surface area contributed by atoms with Crippen LogP contribution in [0.4, 0.5) is 5.69 Å². The molecule has 37 heavy (non-hydrogen) atoms. The number of nitrogens with zero attached hydrogens (tertiary/aromatic N) is 1. The minimum absolute atomic E-state index is 0.0152. The van der Waals surface area contributed by atoms with Crippen LogP contribution in [0.15, 0.2) is 70.7 Å². The number of hydrogen-bond donors (Lipinski definition) is 1. The van der Waals surface area contributed by atoms with E-state index in [9.17, 15) is 14.7 Å². The predicted molar refractivity (Wildman–Crippen MR) is 140 cm³/mol. The Bertz CT molecular complexity index is 1410. The largest absolute Gasteiger partial charge is 0.507 e. The Morgan fingerprint density at radius 1 is 1.03 bits per heavy atom. The summed E-state index contributed by atoms with van der Waals surface area (Å²) in [6.07, 6.45) is -0.0152. The van der Waals surface area contributed by atoms with Crippen LogP contribution in [-0.2, 0) is 9.59 Å². The van der Waals surface area contributed by atoms with E-state index >= 15 is 0 Å². The van der Waals surface area contributed by atoms with Gasteiger partial charge in [0, 0.05) is 17.3 Å². The molecule has 9 heteroatoms. The zero-order chi connectivity index (χ0) is 26.3. The second-order valence-corrected chi connectivity index (χ2v) is 9.65. The molecule has 0 saturated carbocycles. The molecule has 3 aromatic carbocycles. The Kier molecular flexibility index (Phi) is 6.55. The van der Waals surface area contributed by atoms with Gasteiger partial charge >= 0.3 is 0 Å². The maximum Gasteiger partial charge on any atom is 0.300 e. The highest BCUT2D eigenvalue weighted by molar-refractivity contribution is 9.10. The number of halogens is 1. The fourth-order valence-corrected chi connectivity index (χ4v) is 4.96. The van der Waals surface area contributed by atoms with E-state index in [1.54, 1.807) is 60.7 Å². The quantitative estimate of drug-likeness (QED) is 0.236. The third-order valence-electron chi connectivity index (χ3n) is 6.07. The third kappa shape index (κ3) is 4.51. The van der Waals surface area contributed by atoms with Gasteiger partial charge in [-0.15, -0.1) is 0 Å². The molecular weight excluding hydrogens is 542 g/mol. The normalized spacial score (nSPS) is 18.0. The van der Waals surface area contributed by atoms with Crippen LogP contribution in [0.2, 0.25) is 0 Å². The van der Waals surface area contributed by atoms with Crippen molar-refractivity contribution in [2.75, 3.05) is 18.8 Å². The number of methoxy groups -OCH3 is 1. The number of ether oxygens (including phenoxy) is 4. The zero-order valence-electron chi connectivity index (χ0n) is 20.4. The SMILES string of the molecule is COc1ccc(/C(O)=C2\C(=O)C(=O)N(c3ccc4c(c3)OCO4)C2c2ccc(OC(C)C)cc2)cc1Br. The molecule has 3 aromatic rings. The van der Waals surface area contributed by atoms with Crippen LogP contribution in [0, 0.1) is 0 Å². The first kappa shape index (κ1) is 24.7. The number of benzene rings is 3. The summed E-state index contributed by atoms with van der Waals surface area (Å²) in [5.41, 5.74) is 1.40. The number of Topliss-reactive ketones (excluding diaryl/α,β-unsaturated/α-hetero) is 1. The first-order chi connectivity index (χ1) is 17.8. The maximum absolute atomic E-state index is 13.4. The van der Waals surface area contributed by atoms with Crippen LogP contribution in [0.5, 0.6) is 23.0 Å². The highest BCUT2D eigenvalue weighted by Gasteiger charge is 2.47. The van der Waals surface area contributed by atoms with Crippen molar-refractivity contribution in [3.05, 3.63) is 81.8 Å². The Hall–Kier alpha value is -3.98. The van der Waals surface area contributed by atoms with E-state index in [0.717, 1.165) is 0 Å².